The van der Waals surface area contributed by atoms with E-state index in [-0.39, 0.29) is 12.4 Å². The zero-order chi connectivity index (χ0) is 13.5. The maximum atomic E-state index is 3.70. The Morgan fingerprint density at radius 2 is 1.86 bits per heavy atom. The predicted molar refractivity (Wildman–Crippen MR) is 92.3 cm³/mol. The summed E-state index contributed by atoms with van der Waals surface area (Å²) in [7, 11) is 0. The number of aryl methyl sites for hydroxylation is 1. The zero-order valence-corrected chi connectivity index (χ0v) is 13.6. The van der Waals surface area contributed by atoms with Gasteiger partial charge in [-0.2, -0.15) is 0 Å². The standard InChI is InChI=1S/C17H18N2S.ClH/c1-12-6-8-14(9-7-12)19-10-13-11-20-16-5-3-2-4-15(16)17(13)18-19;/h2-9,13,17-18H,10-11H2,1H3;1H. The van der Waals surface area contributed by atoms with Gasteiger partial charge in [-0.1, -0.05) is 35.9 Å². The zero-order valence-electron chi connectivity index (χ0n) is 12.0. The van der Waals surface area contributed by atoms with Crippen molar-refractivity contribution in [3.63, 3.8) is 0 Å². The van der Waals surface area contributed by atoms with Gasteiger partial charge in [0.1, 0.15) is 0 Å². The summed E-state index contributed by atoms with van der Waals surface area (Å²) in [6, 6.07) is 18.0. The van der Waals surface area contributed by atoms with Gasteiger partial charge in [-0.05, 0) is 30.7 Å². The molecule has 2 heterocycles. The minimum Gasteiger partial charge on any atom is -0.307 e. The average Bonchev–Trinajstić information content (AvgIpc) is 2.92. The average molecular weight is 319 g/mol. The van der Waals surface area contributed by atoms with E-state index in [2.05, 4.69) is 65.9 Å². The van der Waals surface area contributed by atoms with E-state index in [4.69, 9.17) is 0 Å². The first kappa shape index (κ1) is 14.8. The van der Waals surface area contributed by atoms with E-state index in [9.17, 15) is 0 Å². The van der Waals surface area contributed by atoms with Gasteiger partial charge in [-0.25, -0.2) is 5.43 Å². The molecule has 0 aliphatic carbocycles. The van der Waals surface area contributed by atoms with Crippen molar-refractivity contribution < 1.29 is 0 Å². The summed E-state index contributed by atoms with van der Waals surface area (Å²) in [6.07, 6.45) is 0. The summed E-state index contributed by atoms with van der Waals surface area (Å²) in [6.45, 7) is 3.23. The van der Waals surface area contributed by atoms with E-state index in [1.165, 1.54) is 27.5 Å². The van der Waals surface area contributed by atoms with Crippen LogP contribution in [0.1, 0.15) is 17.2 Å². The maximum Gasteiger partial charge on any atom is 0.0576 e. The first-order valence-corrected chi connectivity index (χ1v) is 8.12. The van der Waals surface area contributed by atoms with E-state index < -0.39 is 0 Å². The fourth-order valence-corrected chi connectivity index (χ4v) is 4.34. The molecule has 2 aromatic rings. The Balaban J connectivity index is 0.00000132. The SMILES string of the molecule is Cc1ccc(N2CC3CSc4ccccc4C3N2)cc1.Cl. The van der Waals surface area contributed by atoms with Crippen LogP contribution in [0, 0.1) is 12.8 Å². The number of hydrogen-bond acceptors (Lipinski definition) is 3. The molecule has 1 fully saturated rings. The molecule has 2 nitrogen and oxygen atoms in total. The third-order valence-corrected chi connectivity index (χ3v) is 5.51. The number of hydrogen-bond donors (Lipinski definition) is 1. The first-order chi connectivity index (χ1) is 9.81. The Morgan fingerprint density at radius 3 is 2.67 bits per heavy atom. The second-order valence-corrected chi connectivity index (χ2v) is 6.72. The van der Waals surface area contributed by atoms with Gasteiger partial charge in [0.05, 0.1) is 11.7 Å². The van der Waals surface area contributed by atoms with Crippen LogP contribution in [0.4, 0.5) is 5.69 Å². The first-order valence-electron chi connectivity index (χ1n) is 7.13. The smallest absolute Gasteiger partial charge is 0.0576 e. The van der Waals surface area contributed by atoms with Crippen LogP contribution >= 0.6 is 24.2 Å². The van der Waals surface area contributed by atoms with Crippen LogP contribution in [-0.4, -0.2) is 12.3 Å². The van der Waals surface area contributed by atoms with Gasteiger partial charge >= 0.3 is 0 Å². The van der Waals surface area contributed by atoms with Crippen molar-refractivity contribution >= 4 is 29.9 Å². The second-order valence-electron chi connectivity index (χ2n) is 5.66. The summed E-state index contributed by atoms with van der Waals surface area (Å²) >= 11 is 2.00. The van der Waals surface area contributed by atoms with Crippen molar-refractivity contribution in [3.05, 3.63) is 59.7 Å². The third kappa shape index (κ3) is 2.66. The fourth-order valence-electron chi connectivity index (χ4n) is 3.11. The monoisotopic (exact) mass is 318 g/mol. The number of anilines is 1. The predicted octanol–water partition coefficient (Wildman–Crippen LogP) is 4.20. The molecule has 0 saturated carbocycles. The highest BCUT2D eigenvalue weighted by molar-refractivity contribution is 7.99. The highest BCUT2D eigenvalue weighted by atomic mass is 35.5. The molecule has 2 unspecified atom stereocenters. The summed E-state index contributed by atoms with van der Waals surface area (Å²) in [5.41, 5.74) is 7.75. The Bertz CT molecular complexity index is 629. The van der Waals surface area contributed by atoms with Gasteiger partial charge in [-0.15, -0.1) is 24.2 Å². The summed E-state index contributed by atoms with van der Waals surface area (Å²) in [5.74, 6) is 1.90. The number of thioether (sulfide) groups is 1. The van der Waals surface area contributed by atoms with Crippen molar-refractivity contribution in [3.8, 4) is 0 Å². The van der Waals surface area contributed by atoms with Crippen LogP contribution in [0.5, 0.6) is 0 Å². The summed E-state index contributed by atoms with van der Waals surface area (Å²) in [4.78, 5) is 1.44. The summed E-state index contributed by atoms with van der Waals surface area (Å²) < 4.78 is 0. The minimum atomic E-state index is 0. The molecule has 2 aliphatic heterocycles. The lowest BCUT2D eigenvalue weighted by molar-refractivity contribution is 0.507. The molecule has 0 bridgehead atoms. The quantitative estimate of drug-likeness (QED) is 0.848. The van der Waals surface area contributed by atoms with Gasteiger partial charge in [0.2, 0.25) is 0 Å². The van der Waals surface area contributed by atoms with E-state index in [1.54, 1.807) is 0 Å². The molecule has 0 amide bonds. The van der Waals surface area contributed by atoms with E-state index in [0.717, 1.165) is 6.54 Å². The molecule has 2 aliphatic rings. The molecule has 4 heteroatoms. The Kier molecular flexibility index (Phi) is 4.16. The fraction of sp³-hybridized carbons (Fsp3) is 0.294. The van der Waals surface area contributed by atoms with Gasteiger partial charge < -0.3 is 5.01 Å². The van der Waals surface area contributed by atoms with Gasteiger partial charge in [0, 0.05) is 23.1 Å². The lowest BCUT2D eigenvalue weighted by atomic mass is 9.96. The number of nitrogens with zero attached hydrogens (tertiary/aromatic N) is 1. The molecule has 1 N–H and O–H groups in total. The van der Waals surface area contributed by atoms with Crippen LogP contribution in [-0.2, 0) is 0 Å². The van der Waals surface area contributed by atoms with Crippen LogP contribution in [0.25, 0.3) is 0 Å². The molecule has 4 rings (SSSR count). The van der Waals surface area contributed by atoms with Crippen molar-refractivity contribution in [1.29, 1.82) is 0 Å². The second kappa shape index (κ2) is 5.91. The van der Waals surface area contributed by atoms with Gasteiger partial charge in [-0.3, -0.25) is 0 Å². The third-order valence-electron chi connectivity index (χ3n) is 4.24. The topological polar surface area (TPSA) is 15.3 Å². The molecule has 2 atom stereocenters. The molecule has 0 spiro atoms. The number of rotatable bonds is 1. The molecule has 21 heavy (non-hydrogen) atoms. The molecule has 110 valence electrons. The molecular weight excluding hydrogens is 300 g/mol. The van der Waals surface area contributed by atoms with Crippen LogP contribution in [0.15, 0.2) is 53.4 Å². The molecular formula is C17H19ClN2S. The number of halogens is 1. The highest BCUT2D eigenvalue weighted by Gasteiger charge is 2.37. The van der Waals surface area contributed by atoms with Gasteiger partial charge in [0.15, 0.2) is 0 Å². The maximum absolute atomic E-state index is 3.70. The van der Waals surface area contributed by atoms with E-state index >= 15 is 0 Å². The van der Waals surface area contributed by atoms with Crippen molar-refractivity contribution in [1.82, 2.24) is 5.43 Å². The number of nitrogens with one attached hydrogen (secondary N) is 1. The van der Waals surface area contributed by atoms with E-state index in [1.807, 2.05) is 11.8 Å². The Morgan fingerprint density at radius 1 is 1.10 bits per heavy atom. The highest BCUT2D eigenvalue weighted by Crippen LogP contribution is 2.43. The largest absolute Gasteiger partial charge is 0.307 e. The number of fused-ring (bicyclic) bond motifs is 3. The normalized spacial score (nSPS) is 23.2. The lowest BCUT2D eigenvalue weighted by Gasteiger charge is -2.26. The number of hydrazine groups is 1. The molecule has 0 aromatic heterocycles. The van der Waals surface area contributed by atoms with Crippen LogP contribution in [0.3, 0.4) is 0 Å². The van der Waals surface area contributed by atoms with Crippen LogP contribution < -0.4 is 10.4 Å². The number of benzene rings is 2. The van der Waals surface area contributed by atoms with Crippen LogP contribution in [0.2, 0.25) is 0 Å². The molecule has 1 saturated heterocycles. The van der Waals surface area contributed by atoms with Crippen molar-refractivity contribution in [2.24, 2.45) is 5.92 Å². The van der Waals surface area contributed by atoms with Crippen molar-refractivity contribution in [2.75, 3.05) is 17.3 Å². The molecule has 0 radical (unpaired) electrons. The lowest BCUT2D eigenvalue weighted by Crippen LogP contribution is -2.32. The Labute approximate surface area is 136 Å². The Hall–Kier alpha value is -1.16. The van der Waals surface area contributed by atoms with Crippen molar-refractivity contribution in [2.45, 2.75) is 17.9 Å². The summed E-state index contributed by atoms with van der Waals surface area (Å²) in [5, 5.41) is 2.32. The van der Waals surface area contributed by atoms with E-state index in [0.29, 0.717) is 12.0 Å². The molecule has 2 aromatic carbocycles. The van der Waals surface area contributed by atoms with Gasteiger partial charge in [0.25, 0.3) is 0 Å². The minimum absolute atomic E-state index is 0.